The van der Waals surface area contributed by atoms with Gasteiger partial charge in [0.15, 0.2) is 5.52 Å². The molecule has 4 rings (SSSR count). The van der Waals surface area contributed by atoms with Crippen LogP contribution in [0.25, 0.3) is 22.7 Å². The topological polar surface area (TPSA) is 70.3 Å². The largest absolute Gasteiger partial charge is 0.476 e. The van der Waals surface area contributed by atoms with Crippen LogP contribution in [0.2, 0.25) is 10.0 Å². The summed E-state index contributed by atoms with van der Waals surface area (Å²) in [6, 6.07) is 9.17. The Hall–Kier alpha value is -2.90. The van der Waals surface area contributed by atoms with Gasteiger partial charge in [0, 0.05) is 5.02 Å². The van der Waals surface area contributed by atoms with E-state index < -0.39 is 5.82 Å². The number of oxazole rings is 1. The Morgan fingerprint density at radius 1 is 1.07 bits per heavy atom. The van der Waals surface area contributed by atoms with Crippen LogP contribution in [0.5, 0.6) is 17.6 Å². The third-order valence-corrected chi connectivity index (χ3v) is 4.72. The summed E-state index contributed by atoms with van der Waals surface area (Å²) in [4.78, 5) is 13.0. The zero-order valence-corrected chi connectivity index (χ0v) is 17.6. The molecular formula is C21H16Cl2FN3O3. The molecule has 30 heavy (non-hydrogen) atoms. The van der Waals surface area contributed by atoms with Crippen LogP contribution >= 0.6 is 23.2 Å². The summed E-state index contributed by atoms with van der Waals surface area (Å²) >= 11 is 12.2. The molecule has 0 saturated heterocycles. The predicted molar refractivity (Wildman–Crippen MR) is 112 cm³/mol. The van der Waals surface area contributed by atoms with Gasteiger partial charge in [-0.15, -0.1) is 0 Å². The summed E-state index contributed by atoms with van der Waals surface area (Å²) in [6.07, 6.45) is 0.759. The van der Waals surface area contributed by atoms with Gasteiger partial charge >= 0.3 is 6.01 Å². The van der Waals surface area contributed by atoms with E-state index in [0.717, 1.165) is 12.0 Å². The van der Waals surface area contributed by atoms with Crippen LogP contribution in [0.4, 0.5) is 4.39 Å². The average Bonchev–Trinajstić information content (AvgIpc) is 3.14. The zero-order chi connectivity index (χ0) is 21.3. The third kappa shape index (κ3) is 4.17. The Balaban J connectivity index is 1.81. The molecule has 154 valence electrons. The van der Waals surface area contributed by atoms with Gasteiger partial charge in [0.1, 0.15) is 11.6 Å². The highest BCUT2D eigenvalue weighted by Gasteiger charge is 2.20. The van der Waals surface area contributed by atoms with Gasteiger partial charge in [-0.1, -0.05) is 36.2 Å². The molecule has 0 atom stereocenters. The minimum atomic E-state index is -0.467. The highest BCUT2D eigenvalue weighted by molar-refractivity contribution is 6.33. The van der Waals surface area contributed by atoms with Gasteiger partial charge < -0.3 is 13.9 Å². The molecule has 0 radical (unpaired) electrons. The second-order valence-electron chi connectivity index (χ2n) is 6.47. The number of rotatable bonds is 6. The van der Waals surface area contributed by atoms with Crippen molar-refractivity contribution in [3.63, 3.8) is 0 Å². The van der Waals surface area contributed by atoms with E-state index in [4.69, 9.17) is 37.1 Å². The molecule has 0 aliphatic rings. The molecule has 0 fully saturated rings. The molecule has 2 heterocycles. The van der Waals surface area contributed by atoms with E-state index in [0.29, 0.717) is 22.9 Å². The van der Waals surface area contributed by atoms with Crippen LogP contribution in [0.1, 0.15) is 18.9 Å². The number of aromatic nitrogens is 3. The van der Waals surface area contributed by atoms with Crippen molar-refractivity contribution in [3.8, 4) is 29.1 Å². The summed E-state index contributed by atoms with van der Waals surface area (Å²) in [5.41, 5.74) is 1.56. The van der Waals surface area contributed by atoms with Gasteiger partial charge in [-0.05, 0) is 49.2 Å². The molecule has 0 unspecified atom stereocenters. The van der Waals surface area contributed by atoms with Crippen LogP contribution < -0.4 is 9.47 Å². The molecule has 0 amide bonds. The van der Waals surface area contributed by atoms with Crippen molar-refractivity contribution in [1.29, 1.82) is 0 Å². The Morgan fingerprint density at radius 3 is 2.70 bits per heavy atom. The average molecular weight is 448 g/mol. The van der Waals surface area contributed by atoms with Crippen LogP contribution in [0, 0.1) is 12.7 Å². The molecule has 2 aromatic heterocycles. The first-order chi connectivity index (χ1) is 14.4. The molecule has 0 aliphatic heterocycles. The van der Waals surface area contributed by atoms with Crippen LogP contribution in [-0.4, -0.2) is 21.6 Å². The molecule has 0 bridgehead atoms. The fourth-order valence-electron chi connectivity index (χ4n) is 2.68. The fraction of sp³-hybridized carbons (Fsp3) is 0.190. The number of ether oxygens (including phenoxy) is 2. The van der Waals surface area contributed by atoms with Gasteiger partial charge in [0.2, 0.25) is 5.89 Å². The van der Waals surface area contributed by atoms with E-state index in [-0.39, 0.29) is 34.0 Å². The van der Waals surface area contributed by atoms with Gasteiger partial charge in [0.25, 0.3) is 11.6 Å². The number of hydrogen-bond acceptors (Lipinski definition) is 6. The summed E-state index contributed by atoms with van der Waals surface area (Å²) in [6.45, 7) is 4.24. The van der Waals surface area contributed by atoms with E-state index in [2.05, 4.69) is 15.0 Å². The smallest absolute Gasteiger partial charge is 0.328 e. The Labute approximate surface area is 181 Å². The molecule has 0 saturated carbocycles. The lowest BCUT2D eigenvalue weighted by Crippen LogP contribution is -2.01. The van der Waals surface area contributed by atoms with E-state index in [1.54, 1.807) is 12.1 Å². The van der Waals surface area contributed by atoms with Gasteiger partial charge in [0.05, 0.1) is 17.2 Å². The van der Waals surface area contributed by atoms with Crippen LogP contribution in [0.15, 0.2) is 40.8 Å². The molecular weight excluding hydrogens is 432 g/mol. The lowest BCUT2D eigenvalue weighted by atomic mass is 10.2. The van der Waals surface area contributed by atoms with Crippen molar-refractivity contribution in [2.24, 2.45) is 0 Å². The Kier molecular flexibility index (Phi) is 5.74. The highest BCUT2D eigenvalue weighted by atomic mass is 35.5. The summed E-state index contributed by atoms with van der Waals surface area (Å²) in [7, 11) is 0. The number of fused-ring (bicyclic) bond motifs is 1. The highest BCUT2D eigenvalue weighted by Crippen LogP contribution is 2.34. The van der Waals surface area contributed by atoms with Crippen molar-refractivity contribution < 1.29 is 18.3 Å². The number of halogens is 3. The maximum absolute atomic E-state index is 13.7. The number of hydrogen-bond donors (Lipinski definition) is 0. The summed E-state index contributed by atoms with van der Waals surface area (Å²) in [5, 5.41) is 0.805. The van der Waals surface area contributed by atoms with Gasteiger partial charge in [-0.3, -0.25) is 0 Å². The molecule has 0 spiro atoms. The van der Waals surface area contributed by atoms with Gasteiger partial charge in [-0.2, -0.15) is 9.97 Å². The normalized spacial score (nSPS) is 11.1. The molecule has 6 nitrogen and oxygen atoms in total. The molecule has 9 heteroatoms. The Bertz CT molecular complexity index is 1230. The standard InChI is InChI=1S/C21H16Cl2FN3O3/c1-3-8-28-19-17-20(30-18(25-17)14-10-13(24)6-7-15(14)23)27-21(26-19)29-16-9-12(22)5-4-11(16)2/h4-7,9-10H,3,8H2,1-2H3. The van der Waals surface area contributed by atoms with Crippen LogP contribution in [-0.2, 0) is 0 Å². The van der Waals surface area contributed by atoms with E-state index >= 15 is 0 Å². The van der Waals surface area contributed by atoms with Crippen molar-refractivity contribution in [2.45, 2.75) is 20.3 Å². The zero-order valence-electron chi connectivity index (χ0n) is 16.1. The number of nitrogens with zero attached hydrogens (tertiary/aromatic N) is 3. The van der Waals surface area contributed by atoms with Crippen molar-refractivity contribution in [1.82, 2.24) is 15.0 Å². The second kappa shape index (κ2) is 8.45. The predicted octanol–water partition coefficient (Wildman–Crippen LogP) is 6.62. The minimum absolute atomic E-state index is 0.00649. The lowest BCUT2D eigenvalue weighted by molar-refractivity contribution is 0.302. The van der Waals surface area contributed by atoms with E-state index in [9.17, 15) is 4.39 Å². The SMILES string of the molecule is CCCOc1nc(Oc2cc(Cl)ccc2C)nc2oc(-c3cc(F)ccc3Cl)nc12. The summed E-state index contributed by atoms with van der Waals surface area (Å²) < 4.78 is 31.0. The fourth-order valence-corrected chi connectivity index (χ4v) is 3.04. The second-order valence-corrected chi connectivity index (χ2v) is 7.31. The van der Waals surface area contributed by atoms with E-state index in [1.165, 1.54) is 18.2 Å². The van der Waals surface area contributed by atoms with Crippen molar-refractivity contribution >= 4 is 34.4 Å². The lowest BCUT2D eigenvalue weighted by Gasteiger charge is -2.09. The maximum atomic E-state index is 13.7. The third-order valence-electron chi connectivity index (χ3n) is 4.16. The van der Waals surface area contributed by atoms with Crippen LogP contribution in [0.3, 0.4) is 0 Å². The minimum Gasteiger partial charge on any atom is -0.476 e. The van der Waals surface area contributed by atoms with E-state index in [1.807, 2.05) is 19.9 Å². The first-order valence-corrected chi connectivity index (χ1v) is 9.91. The maximum Gasteiger partial charge on any atom is 0.328 e. The molecule has 4 aromatic rings. The quantitative estimate of drug-likeness (QED) is 0.330. The van der Waals surface area contributed by atoms with Gasteiger partial charge in [-0.25, -0.2) is 9.37 Å². The Morgan fingerprint density at radius 2 is 1.90 bits per heavy atom. The monoisotopic (exact) mass is 447 g/mol. The summed E-state index contributed by atoms with van der Waals surface area (Å²) in [5.74, 6) is 0.321. The molecule has 2 aromatic carbocycles. The number of aryl methyl sites for hydroxylation is 1. The van der Waals surface area contributed by atoms with Crippen molar-refractivity contribution in [3.05, 3.63) is 57.8 Å². The number of benzene rings is 2. The first kappa shape index (κ1) is 20.4. The first-order valence-electron chi connectivity index (χ1n) is 9.15. The molecule has 0 N–H and O–H groups in total. The molecule has 0 aliphatic carbocycles. The van der Waals surface area contributed by atoms with Crippen molar-refractivity contribution in [2.75, 3.05) is 6.61 Å².